The van der Waals surface area contributed by atoms with Crippen LogP contribution in [0.4, 0.5) is 0 Å². The molecule has 0 saturated carbocycles. The van der Waals surface area contributed by atoms with Crippen molar-refractivity contribution in [3.8, 4) is 0 Å². The van der Waals surface area contributed by atoms with Gasteiger partial charge in [0, 0.05) is 36.5 Å². The maximum atomic E-state index is 12.2. The van der Waals surface area contributed by atoms with E-state index in [4.69, 9.17) is 0 Å². The van der Waals surface area contributed by atoms with Crippen molar-refractivity contribution in [2.75, 3.05) is 19.6 Å². The molecule has 0 aliphatic carbocycles. The van der Waals surface area contributed by atoms with Crippen LogP contribution in [0.25, 0.3) is 0 Å². The smallest absolute Gasteiger partial charge is 0.253 e. The molecule has 1 N–H and O–H groups in total. The fraction of sp³-hybridized carbons (Fsp3) is 0.500. The number of hydrogen-bond donors (Lipinski definition) is 1. The third-order valence-corrected chi connectivity index (χ3v) is 4.13. The molecule has 0 bridgehead atoms. The van der Waals surface area contributed by atoms with E-state index in [0.29, 0.717) is 12.5 Å². The van der Waals surface area contributed by atoms with Crippen LogP contribution in [0.5, 0.6) is 0 Å². The van der Waals surface area contributed by atoms with Gasteiger partial charge in [-0.2, -0.15) is 0 Å². The first kappa shape index (κ1) is 15.2. The summed E-state index contributed by atoms with van der Waals surface area (Å²) < 4.78 is 23.1. The molecule has 0 radical (unpaired) electrons. The molecule has 1 amide bonds. The van der Waals surface area contributed by atoms with E-state index in [1.54, 1.807) is 0 Å². The molecule has 20 heavy (non-hydrogen) atoms. The largest absolute Gasteiger partial charge is 0.760 e. The quantitative estimate of drug-likeness (QED) is 0.833. The van der Waals surface area contributed by atoms with Gasteiger partial charge in [-0.1, -0.05) is 18.2 Å². The molecule has 5 nitrogen and oxygen atoms in total. The Labute approximate surface area is 121 Å². The van der Waals surface area contributed by atoms with Gasteiger partial charge in [0.05, 0.1) is 0 Å². The van der Waals surface area contributed by atoms with Crippen molar-refractivity contribution in [2.45, 2.75) is 19.3 Å². The van der Waals surface area contributed by atoms with Gasteiger partial charge in [0.2, 0.25) is 0 Å². The Bertz CT molecular complexity index is 459. The number of amides is 1. The predicted octanol–water partition coefficient (Wildman–Crippen LogP) is 1.31. The fourth-order valence-corrected chi connectivity index (χ4v) is 2.82. The second-order valence-corrected chi connectivity index (χ2v) is 5.78. The first-order valence-corrected chi connectivity index (χ1v) is 7.91. The third kappa shape index (κ3) is 4.40. The maximum Gasteiger partial charge on any atom is 0.253 e. The summed E-state index contributed by atoms with van der Waals surface area (Å²) in [5, 5.41) is 0. The van der Waals surface area contributed by atoms with Crippen molar-refractivity contribution in [1.82, 2.24) is 9.62 Å². The molecule has 0 spiro atoms. The summed E-state index contributed by atoms with van der Waals surface area (Å²) in [4.78, 5) is 14.1. The zero-order valence-electron chi connectivity index (χ0n) is 11.3. The molecule has 2 rings (SSSR count). The summed E-state index contributed by atoms with van der Waals surface area (Å²) in [6.07, 6.45) is 2.71. The monoisotopic (exact) mass is 295 g/mol. The molecule has 110 valence electrons. The lowest BCUT2D eigenvalue weighted by Gasteiger charge is -2.32. The van der Waals surface area contributed by atoms with Crippen LogP contribution >= 0.6 is 0 Å². The average molecular weight is 295 g/mol. The second kappa shape index (κ2) is 7.52. The van der Waals surface area contributed by atoms with Crippen molar-refractivity contribution in [2.24, 2.45) is 5.92 Å². The highest BCUT2D eigenvalue weighted by Gasteiger charge is 2.23. The van der Waals surface area contributed by atoms with Gasteiger partial charge in [0.25, 0.3) is 5.91 Å². The molecule has 1 aromatic rings. The van der Waals surface area contributed by atoms with E-state index in [0.717, 1.165) is 37.9 Å². The summed E-state index contributed by atoms with van der Waals surface area (Å²) in [6, 6.07) is 9.31. The van der Waals surface area contributed by atoms with Crippen LogP contribution in [0.3, 0.4) is 0 Å². The number of likely N-dealkylation sites (tertiary alicyclic amines) is 1. The van der Waals surface area contributed by atoms with Crippen LogP contribution in [0.2, 0.25) is 0 Å². The van der Waals surface area contributed by atoms with Crippen molar-refractivity contribution in [3.63, 3.8) is 0 Å². The summed E-state index contributed by atoms with van der Waals surface area (Å²) in [7, 11) is 0. The number of carbonyl (C=O) groups excluding carboxylic acids is 1. The average Bonchev–Trinajstić information content (AvgIpc) is 2.48. The summed E-state index contributed by atoms with van der Waals surface area (Å²) in [5.74, 6) is 0.578. The molecule has 1 saturated heterocycles. The molecular formula is C14H19N2O3S-. The fourth-order valence-electron chi connectivity index (χ4n) is 2.53. The molecule has 1 fully saturated rings. The first-order chi connectivity index (χ1) is 9.66. The highest BCUT2D eigenvalue weighted by atomic mass is 32.2. The Morgan fingerprint density at radius 3 is 2.55 bits per heavy atom. The van der Waals surface area contributed by atoms with E-state index < -0.39 is 11.3 Å². The molecule has 1 atom stereocenters. The van der Waals surface area contributed by atoms with Gasteiger partial charge in [-0.15, -0.1) is 0 Å². The Morgan fingerprint density at radius 2 is 1.95 bits per heavy atom. The standard InChI is InChI=1S/C14H20N2O3S/c17-14(13-4-2-1-3-5-13)16-10-7-12(8-11-16)6-9-15-20(18)19/h1-5,12,15H,6-11H2,(H,18,19)/p-1. The van der Waals surface area contributed by atoms with Crippen LogP contribution < -0.4 is 4.72 Å². The zero-order valence-corrected chi connectivity index (χ0v) is 12.1. The number of rotatable bonds is 5. The molecule has 1 aliphatic rings. The lowest BCUT2D eigenvalue weighted by molar-refractivity contribution is 0.0687. The van der Waals surface area contributed by atoms with Gasteiger partial charge in [-0.25, -0.2) is 4.72 Å². The Kier molecular flexibility index (Phi) is 5.70. The number of hydrogen-bond acceptors (Lipinski definition) is 3. The topological polar surface area (TPSA) is 72.5 Å². The van der Waals surface area contributed by atoms with Crippen molar-refractivity contribution in [3.05, 3.63) is 35.9 Å². The maximum absolute atomic E-state index is 12.2. The Hall–Kier alpha value is -1.24. The highest BCUT2D eigenvalue weighted by molar-refractivity contribution is 7.77. The second-order valence-electron chi connectivity index (χ2n) is 5.02. The predicted molar refractivity (Wildman–Crippen MR) is 76.6 cm³/mol. The molecule has 0 aromatic heterocycles. The Morgan fingerprint density at radius 1 is 1.30 bits per heavy atom. The van der Waals surface area contributed by atoms with Crippen molar-refractivity contribution < 1.29 is 13.6 Å². The van der Waals surface area contributed by atoms with E-state index in [2.05, 4.69) is 4.72 Å². The lowest BCUT2D eigenvalue weighted by atomic mass is 9.93. The first-order valence-electron chi connectivity index (χ1n) is 6.84. The number of nitrogens with one attached hydrogen (secondary N) is 1. The van der Waals surface area contributed by atoms with E-state index >= 15 is 0 Å². The molecule has 6 heteroatoms. The van der Waals surface area contributed by atoms with Crippen molar-refractivity contribution >= 4 is 17.2 Å². The van der Waals surface area contributed by atoms with Crippen LogP contribution in [0.1, 0.15) is 29.6 Å². The third-order valence-electron chi connectivity index (χ3n) is 3.69. The lowest BCUT2D eigenvalue weighted by Crippen LogP contribution is -2.39. The van der Waals surface area contributed by atoms with Crippen LogP contribution in [-0.2, 0) is 11.3 Å². The normalized spacial score (nSPS) is 17.9. The van der Waals surface area contributed by atoms with Crippen LogP contribution in [-0.4, -0.2) is 39.2 Å². The van der Waals surface area contributed by atoms with Crippen LogP contribution in [0, 0.1) is 5.92 Å². The SMILES string of the molecule is O=C(c1ccccc1)N1CCC(CCNS(=O)[O-])CC1. The van der Waals surface area contributed by atoms with Gasteiger partial charge in [0.1, 0.15) is 0 Å². The molecule has 1 aromatic carbocycles. The van der Waals surface area contributed by atoms with Gasteiger partial charge in [-0.3, -0.25) is 9.00 Å². The van der Waals surface area contributed by atoms with Gasteiger partial charge in [0.15, 0.2) is 0 Å². The number of carbonyl (C=O) groups is 1. The van der Waals surface area contributed by atoms with E-state index in [1.165, 1.54) is 0 Å². The molecule has 1 unspecified atom stereocenters. The Balaban J connectivity index is 1.77. The van der Waals surface area contributed by atoms with Crippen LogP contribution in [0.15, 0.2) is 30.3 Å². The summed E-state index contributed by atoms with van der Waals surface area (Å²) in [5.41, 5.74) is 0.731. The summed E-state index contributed by atoms with van der Waals surface area (Å²) in [6.45, 7) is 1.98. The minimum atomic E-state index is -2.17. The summed E-state index contributed by atoms with van der Waals surface area (Å²) >= 11 is -2.17. The van der Waals surface area contributed by atoms with Gasteiger partial charge >= 0.3 is 0 Å². The number of piperidine rings is 1. The van der Waals surface area contributed by atoms with E-state index in [-0.39, 0.29) is 5.91 Å². The molecule has 1 aliphatic heterocycles. The van der Waals surface area contributed by atoms with Crippen molar-refractivity contribution in [1.29, 1.82) is 0 Å². The number of nitrogens with zero attached hydrogens (tertiary/aromatic N) is 1. The van der Waals surface area contributed by atoms with Gasteiger partial charge < -0.3 is 9.45 Å². The van der Waals surface area contributed by atoms with E-state index in [9.17, 15) is 13.6 Å². The zero-order chi connectivity index (χ0) is 14.4. The highest BCUT2D eigenvalue weighted by Crippen LogP contribution is 2.21. The minimum absolute atomic E-state index is 0.0860. The molecule has 1 heterocycles. The van der Waals surface area contributed by atoms with E-state index in [1.807, 2.05) is 35.2 Å². The molecular weight excluding hydrogens is 276 g/mol. The minimum Gasteiger partial charge on any atom is -0.760 e. The number of benzene rings is 1. The van der Waals surface area contributed by atoms with Gasteiger partial charge in [-0.05, 0) is 37.3 Å².